The number of benzene rings is 1. The van der Waals surface area contributed by atoms with Gasteiger partial charge in [0.1, 0.15) is 0 Å². The topological polar surface area (TPSA) is 24.9 Å². The molecule has 1 N–H and O–H groups in total. The first-order chi connectivity index (χ1) is 9.06. The Bertz CT molecular complexity index is 514. The van der Waals surface area contributed by atoms with Crippen molar-refractivity contribution in [1.29, 1.82) is 0 Å². The Hall–Kier alpha value is -1.67. The van der Waals surface area contributed by atoms with Crippen molar-refractivity contribution in [3.63, 3.8) is 0 Å². The van der Waals surface area contributed by atoms with Crippen LogP contribution in [0, 0.1) is 13.8 Å². The monoisotopic (exact) mass is 254 g/mol. The zero-order valence-corrected chi connectivity index (χ0v) is 12.1. The van der Waals surface area contributed by atoms with Crippen LogP contribution in [0.5, 0.6) is 0 Å². The third-order valence-corrected chi connectivity index (χ3v) is 3.45. The van der Waals surface area contributed by atoms with Gasteiger partial charge in [-0.25, -0.2) is 0 Å². The van der Waals surface area contributed by atoms with Crippen molar-refractivity contribution < 1.29 is 0 Å². The average Bonchev–Trinajstić information content (AvgIpc) is 2.38. The summed E-state index contributed by atoms with van der Waals surface area (Å²) in [5.41, 5.74) is 5.25. The summed E-state index contributed by atoms with van der Waals surface area (Å²) in [7, 11) is 0. The largest absolute Gasteiger partial charge is 0.304 e. The standard InChI is InChI=1S/C17H22N2/c1-12-9-13(2)11-17(10-12)15(4)19-14(3)16-5-7-18-8-6-16/h5-11,14-15,19H,1-4H3/t14-,15?/m0/s1. The first kappa shape index (κ1) is 13.8. The molecule has 0 saturated carbocycles. The Kier molecular flexibility index (Phi) is 4.33. The normalized spacial score (nSPS) is 14.1. The fourth-order valence-corrected chi connectivity index (χ4v) is 2.48. The molecule has 0 aliphatic carbocycles. The number of nitrogens with zero attached hydrogens (tertiary/aromatic N) is 1. The molecule has 1 heterocycles. The van der Waals surface area contributed by atoms with E-state index in [0.29, 0.717) is 12.1 Å². The minimum Gasteiger partial charge on any atom is -0.304 e. The van der Waals surface area contributed by atoms with Crippen LogP contribution in [0.1, 0.15) is 48.2 Å². The highest BCUT2D eigenvalue weighted by molar-refractivity contribution is 5.30. The smallest absolute Gasteiger partial charge is 0.0298 e. The second-order valence-electron chi connectivity index (χ2n) is 5.31. The number of aromatic nitrogens is 1. The molecule has 100 valence electrons. The van der Waals surface area contributed by atoms with Gasteiger partial charge in [-0.05, 0) is 51.0 Å². The fraction of sp³-hybridized carbons (Fsp3) is 0.353. The van der Waals surface area contributed by atoms with E-state index in [2.05, 4.69) is 68.3 Å². The van der Waals surface area contributed by atoms with Gasteiger partial charge in [0, 0.05) is 24.5 Å². The predicted molar refractivity (Wildman–Crippen MR) is 80.1 cm³/mol. The van der Waals surface area contributed by atoms with Crippen molar-refractivity contribution in [2.75, 3.05) is 0 Å². The lowest BCUT2D eigenvalue weighted by Gasteiger charge is -2.21. The lowest BCUT2D eigenvalue weighted by atomic mass is 10.0. The van der Waals surface area contributed by atoms with E-state index in [4.69, 9.17) is 0 Å². The number of hydrogen-bond acceptors (Lipinski definition) is 2. The van der Waals surface area contributed by atoms with Crippen molar-refractivity contribution in [1.82, 2.24) is 10.3 Å². The number of rotatable bonds is 4. The molecular weight excluding hydrogens is 232 g/mol. The van der Waals surface area contributed by atoms with Gasteiger partial charge in [-0.2, -0.15) is 0 Å². The average molecular weight is 254 g/mol. The maximum atomic E-state index is 4.06. The van der Waals surface area contributed by atoms with Crippen LogP contribution < -0.4 is 5.32 Å². The van der Waals surface area contributed by atoms with E-state index in [0.717, 1.165) is 0 Å². The molecule has 0 aliphatic heterocycles. The van der Waals surface area contributed by atoms with Gasteiger partial charge in [-0.3, -0.25) is 4.98 Å². The molecule has 1 unspecified atom stereocenters. The molecule has 2 rings (SSSR count). The Morgan fingerprint density at radius 3 is 1.95 bits per heavy atom. The zero-order valence-electron chi connectivity index (χ0n) is 12.1. The molecule has 19 heavy (non-hydrogen) atoms. The van der Waals surface area contributed by atoms with Crippen LogP contribution >= 0.6 is 0 Å². The molecule has 2 aromatic rings. The van der Waals surface area contributed by atoms with E-state index >= 15 is 0 Å². The Labute approximate surface area is 115 Å². The van der Waals surface area contributed by atoms with Crippen LogP contribution in [0.3, 0.4) is 0 Å². The molecule has 2 atom stereocenters. The molecule has 0 saturated heterocycles. The maximum absolute atomic E-state index is 4.06. The summed E-state index contributed by atoms with van der Waals surface area (Å²) in [5.74, 6) is 0. The minimum atomic E-state index is 0.318. The molecule has 2 heteroatoms. The van der Waals surface area contributed by atoms with E-state index in [9.17, 15) is 0 Å². The highest BCUT2D eigenvalue weighted by Crippen LogP contribution is 2.20. The van der Waals surface area contributed by atoms with E-state index in [1.165, 1.54) is 22.3 Å². The van der Waals surface area contributed by atoms with Crippen LogP contribution in [-0.4, -0.2) is 4.98 Å². The van der Waals surface area contributed by atoms with E-state index in [1.807, 2.05) is 12.4 Å². The van der Waals surface area contributed by atoms with E-state index in [1.54, 1.807) is 0 Å². The van der Waals surface area contributed by atoms with Crippen molar-refractivity contribution in [3.8, 4) is 0 Å². The van der Waals surface area contributed by atoms with Crippen LogP contribution in [0.2, 0.25) is 0 Å². The Balaban J connectivity index is 2.10. The SMILES string of the molecule is Cc1cc(C)cc(C(C)N[C@@H](C)c2ccncc2)c1. The summed E-state index contributed by atoms with van der Waals surface area (Å²) in [6, 6.07) is 11.5. The number of aryl methyl sites for hydroxylation is 2. The Morgan fingerprint density at radius 1 is 0.842 bits per heavy atom. The number of pyridine rings is 1. The van der Waals surface area contributed by atoms with Crippen LogP contribution in [0.15, 0.2) is 42.7 Å². The molecule has 0 radical (unpaired) electrons. The quantitative estimate of drug-likeness (QED) is 0.888. The van der Waals surface area contributed by atoms with Crippen LogP contribution in [-0.2, 0) is 0 Å². The zero-order chi connectivity index (χ0) is 13.8. The fourth-order valence-electron chi connectivity index (χ4n) is 2.48. The molecule has 1 aromatic heterocycles. The molecule has 0 bridgehead atoms. The number of hydrogen-bond donors (Lipinski definition) is 1. The molecule has 0 fully saturated rings. The second kappa shape index (κ2) is 5.98. The molecule has 1 aromatic carbocycles. The highest BCUT2D eigenvalue weighted by Gasteiger charge is 2.11. The van der Waals surface area contributed by atoms with Gasteiger partial charge < -0.3 is 5.32 Å². The van der Waals surface area contributed by atoms with Gasteiger partial charge in [0.25, 0.3) is 0 Å². The first-order valence-corrected chi connectivity index (χ1v) is 6.80. The predicted octanol–water partition coefficient (Wildman–Crippen LogP) is 4.11. The van der Waals surface area contributed by atoms with E-state index < -0.39 is 0 Å². The molecule has 2 nitrogen and oxygen atoms in total. The molecule has 0 aliphatic rings. The van der Waals surface area contributed by atoms with Crippen LogP contribution in [0.25, 0.3) is 0 Å². The number of nitrogens with one attached hydrogen (secondary N) is 1. The molecule has 0 spiro atoms. The van der Waals surface area contributed by atoms with Crippen molar-refractivity contribution in [2.45, 2.75) is 39.8 Å². The third-order valence-electron chi connectivity index (χ3n) is 3.45. The van der Waals surface area contributed by atoms with Crippen molar-refractivity contribution >= 4 is 0 Å². The summed E-state index contributed by atoms with van der Waals surface area (Å²) in [4.78, 5) is 4.06. The summed E-state index contributed by atoms with van der Waals surface area (Å²) in [5, 5.41) is 3.64. The van der Waals surface area contributed by atoms with Gasteiger partial charge in [0.15, 0.2) is 0 Å². The minimum absolute atomic E-state index is 0.318. The van der Waals surface area contributed by atoms with Gasteiger partial charge in [-0.1, -0.05) is 29.3 Å². The summed E-state index contributed by atoms with van der Waals surface area (Å²) < 4.78 is 0. The first-order valence-electron chi connectivity index (χ1n) is 6.80. The Morgan fingerprint density at radius 2 is 1.37 bits per heavy atom. The molecular formula is C17H22N2. The summed E-state index contributed by atoms with van der Waals surface area (Å²) in [6.45, 7) is 8.70. The summed E-state index contributed by atoms with van der Waals surface area (Å²) in [6.07, 6.45) is 3.68. The van der Waals surface area contributed by atoms with Gasteiger partial charge in [0.05, 0.1) is 0 Å². The highest BCUT2D eigenvalue weighted by atomic mass is 14.9. The van der Waals surface area contributed by atoms with Gasteiger partial charge >= 0.3 is 0 Å². The molecule has 0 amide bonds. The lowest BCUT2D eigenvalue weighted by molar-refractivity contribution is 0.494. The van der Waals surface area contributed by atoms with Gasteiger partial charge in [0.2, 0.25) is 0 Å². The van der Waals surface area contributed by atoms with Crippen molar-refractivity contribution in [2.24, 2.45) is 0 Å². The maximum Gasteiger partial charge on any atom is 0.0298 e. The van der Waals surface area contributed by atoms with E-state index in [-0.39, 0.29) is 0 Å². The van der Waals surface area contributed by atoms with Crippen molar-refractivity contribution in [3.05, 3.63) is 65.0 Å². The summed E-state index contributed by atoms with van der Waals surface area (Å²) >= 11 is 0. The van der Waals surface area contributed by atoms with Gasteiger partial charge in [-0.15, -0.1) is 0 Å². The second-order valence-corrected chi connectivity index (χ2v) is 5.31. The third kappa shape index (κ3) is 3.65. The lowest BCUT2D eigenvalue weighted by Crippen LogP contribution is -2.22. The van der Waals surface area contributed by atoms with Crippen LogP contribution in [0.4, 0.5) is 0 Å².